The van der Waals surface area contributed by atoms with Crippen molar-refractivity contribution in [3.8, 4) is 18.1 Å². The van der Waals surface area contributed by atoms with Crippen LogP contribution in [0.25, 0.3) is 0 Å². The van der Waals surface area contributed by atoms with Crippen molar-refractivity contribution in [2.75, 3.05) is 25.1 Å². The molecule has 138 valence electrons. The third-order valence-corrected chi connectivity index (χ3v) is 3.89. The molecular formula is C18H20N2O6. The normalized spacial score (nSPS) is 14.7. The van der Waals surface area contributed by atoms with E-state index in [0.717, 1.165) is 0 Å². The number of ether oxygens (including phenoxy) is 2. The molecule has 0 unspecified atom stereocenters. The van der Waals surface area contributed by atoms with Crippen LogP contribution in [0, 0.1) is 12.3 Å². The number of fused-ring (bicyclic) bond motifs is 1. The topological polar surface area (TPSA) is 105 Å². The number of nitrogens with zero attached hydrogens (tertiary/aromatic N) is 1. The summed E-state index contributed by atoms with van der Waals surface area (Å²) in [5.41, 5.74) is 0.0827. The lowest BCUT2D eigenvalue weighted by Crippen LogP contribution is -2.54. The molecule has 2 amide bonds. The average Bonchev–Trinajstić information content (AvgIpc) is 2.57. The van der Waals surface area contributed by atoms with Crippen molar-refractivity contribution >= 4 is 23.7 Å². The van der Waals surface area contributed by atoms with Gasteiger partial charge < -0.3 is 24.8 Å². The Hall–Kier alpha value is -3.21. The third kappa shape index (κ3) is 3.88. The second-order valence-electron chi connectivity index (χ2n) is 6.18. The molecule has 0 aliphatic carbocycles. The first-order valence-corrected chi connectivity index (χ1v) is 7.87. The second-order valence-corrected chi connectivity index (χ2v) is 6.18. The van der Waals surface area contributed by atoms with E-state index in [1.807, 2.05) is 0 Å². The fourth-order valence-corrected chi connectivity index (χ4v) is 2.66. The van der Waals surface area contributed by atoms with E-state index in [9.17, 15) is 14.4 Å². The molecule has 2 rings (SSSR count). The van der Waals surface area contributed by atoms with E-state index < -0.39 is 17.7 Å². The number of carboxylic acid groups (broad SMARTS) is 1. The zero-order valence-electron chi connectivity index (χ0n) is 14.8. The molecule has 26 heavy (non-hydrogen) atoms. The number of hydrogen-bond donors (Lipinski definition) is 2. The molecule has 8 heteroatoms. The van der Waals surface area contributed by atoms with Gasteiger partial charge >= 0.3 is 12.1 Å². The van der Waals surface area contributed by atoms with E-state index in [2.05, 4.69) is 16.0 Å². The first kappa shape index (κ1) is 19.1. The highest BCUT2D eigenvalue weighted by Crippen LogP contribution is 2.39. The van der Waals surface area contributed by atoms with Gasteiger partial charge in [-0.15, -0.1) is 6.42 Å². The number of nitrogens with one attached hydrogen (secondary N) is 1. The zero-order chi connectivity index (χ0) is 19.5. The maximum atomic E-state index is 12.7. The molecule has 0 atom stereocenters. The summed E-state index contributed by atoms with van der Waals surface area (Å²) in [6.45, 7) is 3.56. The Morgan fingerprint density at radius 3 is 2.69 bits per heavy atom. The first-order valence-electron chi connectivity index (χ1n) is 7.87. The highest BCUT2D eigenvalue weighted by atomic mass is 16.5. The zero-order valence-corrected chi connectivity index (χ0v) is 14.8. The second kappa shape index (κ2) is 7.35. The van der Waals surface area contributed by atoms with Crippen LogP contribution in [0.1, 0.15) is 25.0 Å². The van der Waals surface area contributed by atoms with Crippen molar-refractivity contribution in [3.05, 3.63) is 23.3 Å². The van der Waals surface area contributed by atoms with Crippen molar-refractivity contribution in [1.82, 2.24) is 5.32 Å². The Kier molecular flexibility index (Phi) is 5.41. The molecule has 0 saturated heterocycles. The van der Waals surface area contributed by atoms with Gasteiger partial charge in [0.2, 0.25) is 0 Å². The van der Waals surface area contributed by atoms with Crippen LogP contribution >= 0.6 is 0 Å². The molecular weight excluding hydrogens is 340 g/mol. The number of carboxylic acids is 1. The van der Waals surface area contributed by atoms with Crippen molar-refractivity contribution in [1.29, 1.82) is 0 Å². The summed E-state index contributed by atoms with van der Waals surface area (Å²) in [6, 6.07) is 3.10. The van der Waals surface area contributed by atoms with Gasteiger partial charge in [0, 0.05) is 18.7 Å². The van der Waals surface area contributed by atoms with Crippen molar-refractivity contribution in [2.24, 2.45) is 0 Å². The third-order valence-electron chi connectivity index (χ3n) is 3.89. The van der Waals surface area contributed by atoms with E-state index in [0.29, 0.717) is 22.6 Å². The van der Waals surface area contributed by atoms with Gasteiger partial charge in [-0.3, -0.25) is 9.59 Å². The van der Waals surface area contributed by atoms with E-state index in [1.165, 1.54) is 12.0 Å². The maximum Gasteiger partial charge on any atom is 0.406 e. The number of benzene rings is 1. The van der Waals surface area contributed by atoms with E-state index in [-0.39, 0.29) is 25.4 Å². The van der Waals surface area contributed by atoms with Gasteiger partial charge in [0.25, 0.3) is 5.91 Å². The van der Waals surface area contributed by atoms with E-state index in [1.54, 1.807) is 26.0 Å². The summed E-state index contributed by atoms with van der Waals surface area (Å²) >= 11 is 0. The van der Waals surface area contributed by atoms with Gasteiger partial charge in [0.05, 0.1) is 19.2 Å². The molecule has 1 aromatic carbocycles. The summed E-state index contributed by atoms with van der Waals surface area (Å²) in [6.07, 6.45) is 4.59. The lowest BCUT2D eigenvalue weighted by Gasteiger charge is -2.39. The Morgan fingerprint density at radius 2 is 2.12 bits per heavy atom. The van der Waals surface area contributed by atoms with Crippen LogP contribution in [0.4, 0.5) is 10.5 Å². The summed E-state index contributed by atoms with van der Waals surface area (Å²) in [4.78, 5) is 36.5. The smallest absolute Gasteiger partial charge is 0.406 e. The monoisotopic (exact) mass is 360 g/mol. The van der Waals surface area contributed by atoms with Gasteiger partial charge in [-0.25, -0.2) is 4.79 Å². The Morgan fingerprint density at radius 1 is 1.42 bits per heavy atom. The minimum atomic E-state index is -1.13. The minimum Gasteiger partial charge on any atom is -0.481 e. The molecule has 0 aromatic heterocycles. The largest absolute Gasteiger partial charge is 0.481 e. The van der Waals surface area contributed by atoms with Crippen LogP contribution in [-0.2, 0) is 20.7 Å². The van der Waals surface area contributed by atoms with Gasteiger partial charge in [-0.05, 0) is 31.5 Å². The molecule has 1 heterocycles. The quantitative estimate of drug-likeness (QED) is 0.764. The number of hydrogen-bond acceptors (Lipinski definition) is 5. The standard InChI is InChI=1S/C18H20N2O6/c1-5-11-9-14-13(8-12(11)10-15(21)22)20(7-6-19-17(24)25-4)16(23)18(2,3)26-14/h1,8-9H,6-7,10H2,2-4H3,(H,19,24)(H,21,22). The van der Waals surface area contributed by atoms with Crippen molar-refractivity contribution < 1.29 is 29.0 Å². The minimum absolute atomic E-state index is 0.152. The number of anilines is 1. The molecule has 1 aliphatic rings. The van der Waals surface area contributed by atoms with Gasteiger partial charge in [-0.2, -0.15) is 0 Å². The number of methoxy groups -OCH3 is 1. The Balaban J connectivity index is 2.42. The van der Waals surface area contributed by atoms with Crippen LogP contribution in [0.2, 0.25) is 0 Å². The molecule has 8 nitrogen and oxygen atoms in total. The molecule has 1 aliphatic heterocycles. The molecule has 1 aromatic rings. The van der Waals surface area contributed by atoms with Crippen molar-refractivity contribution in [2.45, 2.75) is 25.9 Å². The highest BCUT2D eigenvalue weighted by molar-refractivity contribution is 6.02. The van der Waals surface area contributed by atoms with Gasteiger partial charge in [-0.1, -0.05) is 5.92 Å². The molecule has 0 fully saturated rings. The van der Waals surface area contributed by atoms with Crippen LogP contribution < -0.4 is 15.0 Å². The Labute approximate surface area is 151 Å². The lowest BCUT2D eigenvalue weighted by atomic mass is 9.98. The summed E-state index contributed by atoms with van der Waals surface area (Å²) in [5, 5.41) is 11.6. The first-order chi connectivity index (χ1) is 12.2. The number of terminal acetylenes is 1. The van der Waals surface area contributed by atoms with Crippen LogP contribution in [0.5, 0.6) is 5.75 Å². The number of aliphatic carboxylic acids is 1. The van der Waals surface area contributed by atoms with Crippen LogP contribution in [0.15, 0.2) is 12.1 Å². The van der Waals surface area contributed by atoms with Crippen LogP contribution in [-0.4, -0.2) is 48.9 Å². The van der Waals surface area contributed by atoms with Crippen molar-refractivity contribution in [3.63, 3.8) is 0 Å². The molecule has 0 spiro atoms. The summed E-state index contributed by atoms with van der Waals surface area (Å²) < 4.78 is 10.3. The van der Waals surface area contributed by atoms with E-state index >= 15 is 0 Å². The predicted octanol–water partition coefficient (Wildman–Crippen LogP) is 1.15. The SMILES string of the molecule is C#Cc1cc2c(cc1CC(=O)O)N(CCNC(=O)OC)C(=O)C(C)(C)O2. The number of alkyl carbamates (subject to hydrolysis) is 1. The summed E-state index contributed by atoms with van der Waals surface area (Å²) in [5.74, 6) is 1.48. The number of rotatable bonds is 5. The summed E-state index contributed by atoms with van der Waals surface area (Å²) in [7, 11) is 1.24. The molecule has 0 radical (unpaired) electrons. The molecule has 0 bridgehead atoms. The predicted molar refractivity (Wildman–Crippen MR) is 93.2 cm³/mol. The number of carbonyl (C=O) groups excluding carboxylic acids is 2. The van der Waals surface area contributed by atoms with Crippen LogP contribution in [0.3, 0.4) is 0 Å². The van der Waals surface area contributed by atoms with Gasteiger partial charge in [0.1, 0.15) is 5.75 Å². The Bertz CT molecular complexity index is 794. The highest BCUT2D eigenvalue weighted by Gasteiger charge is 2.41. The lowest BCUT2D eigenvalue weighted by molar-refractivity contribution is -0.136. The average molecular weight is 360 g/mol. The maximum absolute atomic E-state index is 12.7. The fourth-order valence-electron chi connectivity index (χ4n) is 2.66. The molecule has 2 N–H and O–H groups in total. The molecule has 0 saturated carbocycles. The number of carbonyl (C=O) groups is 3. The number of amides is 2. The van der Waals surface area contributed by atoms with Gasteiger partial charge in [0.15, 0.2) is 5.60 Å². The fraction of sp³-hybridized carbons (Fsp3) is 0.389. The van der Waals surface area contributed by atoms with E-state index in [4.69, 9.17) is 16.3 Å².